The van der Waals surface area contributed by atoms with E-state index in [0.717, 1.165) is 74.4 Å². The van der Waals surface area contributed by atoms with Crippen molar-refractivity contribution in [2.45, 2.75) is 54.1 Å². The highest BCUT2D eigenvalue weighted by atomic mass is 32.2. The van der Waals surface area contributed by atoms with Gasteiger partial charge in [-0.05, 0) is 61.1 Å². The topological polar surface area (TPSA) is 61.6 Å². The highest BCUT2D eigenvalue weighted by molar-refractivity contribution is 7.99. The molecule has 2 aromatic carbocycles. The molecule has 2 saturated heterocycles. The Morgan fingerprint density at radius 1 is 1.06 bits per heavy atom. The van der Waals surface area contributed by atoms with Crippen LogP contribution >= 0.6 is 11.8 Å². The minimum Gasteiger partial charge on any atom is -0.382 e. The molecule has 35 heavy (non-hydrogen) atoms. The van der Waals surface area contributed by atoms with Gasteiger partial charge in [0.2, 0.25) is 0 Å². The van der Waals surface area contributed by atoms with E-state index in [1.807, 2.05) is 23.1 Å². The van der Waals surface area contributed by atoms with Gasteiger partial charge in [0.1, 0.15) is 0 Å². The third-order valence-electron chi connectivity index (χ3n) is 7.22. The molecule has 0 aromatic heterocycles. The fourth-order valence-electron chi connectivity index (χ4n) is 5.25. The maximum absolute atomic E-state index is 13.8. The number of hydrogen-bond donors (Lipinski definition) is 2. The van der Waals surface area contributed by atoms with Crippen molar-refractivity contribution in [3.63, 3.8) is 0 Å². The van der Waals surface area contributed by atoms with Gasteiger partial charge in [0.15, 0.2) is 0 Å². The molecule has 0 spiro atoms. The lowest BCUT2D eigenvalue weighted by atomic mass is 9.97. The minimum atomic E-state index is -4.43. The zero-order valence-electron chi connectivity index (χ0n) is 19.7. The molecule has 0 aliphatic carbocycles. The van der Waals surface area contributed by atoms with E-state index in [9.17, 15) is 18.0 Å². The summed E-state index contributed by atoms with van der Waals surface area (Å²) in [7, 11) is 0. The molecule has 3 aliphatic heterocycles. The van der Waals surface area contributed by atoms with E-state index in [1.165, 1.54) is 23.9 Å². The van der Waals surface area contributed by atoms with E-state index in [4.69, 9.17) is 5.73 Å². The van der Waals surface area contributed by atoms with Crippen LogP contribution in [0.4, 0.5) is 18.9 Å². The number of carbonyl (C=O) groups excluding carboxylic acids is 1. The van der Waals surface area contributed by atoms with Gasteiger partial charge in [-0.15, -0.1) is 0 Å². The van der Waals surface area contributed by atoms with Gasteiger partial charge in [-0.2, -0.15) is 13.2 Å². The third kappa shape index (κ3) is 5.32. The Morgan fingerprint density at radius 3 is 2.49 bits per heavy atom. The lowest BCUT2D eigenvalue weighted by Crippen LogP contribution is -2.41. The summed E-state index contributed by atoms with van der Waals surface area (Å²) in [5.41, 5.74) is 8.14. The number of amides is 1. The lowest BCUT2D eigenvalue weighted by Gasteiger charge is -2.34. The number of carbonyl (C=O) groups is 1. The van der Waals surface area contributed by atoms with Crippen LogP contribution in [0.2, 0.25) is 0 Å². The normalized spacial score (nSPS) is 18.9. The molecule has 3 aliphatic rings. The Hall–Kier alpha value is -2.23. The maximum Gasteiger partial charge on any atom is 0.416 e. The standard InChI is InChI=1S/C26H31F3N4OS/c27-26(28,29)19-15-22(31-20-5-10-32(11-6-20)12-7-30)21-13-17-3-4-18(14-23(17)35-24(21)16-19)25(34)33-8-1-2-9-33/h3-4,14-16,20,31H,1-2,5-13,30H2. The molecule has 5 nitrogen and oxygen atoms in total. The number of likely N-dealkylation sites (tertiary alicyclic amines) is 2. The number of fused-ring (bicyclic) bond motifs is 2. The first-order valence-electron chi connectivity index (χ1n) is 12.3. The van der Waals surface area contributed by atoms with Crippen molar-refractivity contribution in [1.29, 1.82) is 0 Å². The second-order valence-corrected chi connectivity index (χ2v) is 10.7. The molecule has 2 fully saturated rings. The van der Waals surface area contributed by atoms with Crippen LogP contribution in [0.15, 0.2) is 40.1 Å². The number of nitrogens with two attached hydrogens (primary N) is 1. The lowest BCUT2D eigenvalue weighted by molar-refractivity contribution is -0.137. The second-order valence-electron chi connectivity index (χ2n) is 9.65. The van der Waals surface area contributed by atoms with Crippen molar-refractivity contribution in [2.24, 2.45) is 5.73 Å². The van der Waals surface area contributed by atoms with Crippen LogP contribution in [0.3, 0.4) is 0 Å². The molecule has 0 atom stereocenters. The Kier molecular flexibility index (Phi) is 7.01. The van der Waals surface area contributed by atoms with Gasteiger partial charge < -0.3 is 20.9 Å². The highest BCUT2D eigenvalue weighted by Gasteiger charge is 2.34. The molecule has 188 valence electrons. The number of nitrogens with one attached hydrogen (secondary N) is 1. The van der Waals surface area contributed by atoms with Gasteiger partial charge in [-0.25, -0.2) is 0 Å². The smallest absolute Gasteiger partial charge is 0.382 e. The summed E-state index contributed by atoms with van der Waals surface area (Å²) in [4.78, 5) is 18.5. The average Bonchev–Trinajstić information content (AvgIpc) is 3.38. The van der Waals surface area contributed by atoms with Crippen molar-refractivity contribution < 1.29 is 18.0 Å². The first-order valence-corrected chi connectivity index (χ1v) is 13.2. The third-order valence-corrected chi connectivity index (χ3v) is 8.41. The number of nitrogens with zero attached hydrogens (tertiary/aromatic N) is 2. The SMILES string of the molecule is NCCN1CCC(Nc2cc(C(F)(F)F)cc3c2Cc2ccc(C(=O)N4CCCC4)cc2S3)CC1. The number of rotatable bonds is 5. The summed E-state index contributed by atoms with van der Waals surface area (Å²) in [6.45, 7) is 4.77. The Labute approximate surface area is 208 Å². The monoisotopic (exact) mass is 504 g/mol. The number of piperidine rings is 1. The van der Waals surface area contributed by atoms with Crippen LogP contribution in [-0.2, 0) is 12.6 Å². The summed E-state index contributed by atoms with van der Waals surface area (Å²) in [6.07, 6.45) is -0.109. The fourth-order valence-corrected chi connectivity index (χ4v) is 6.44. The van der Waals surface area contributed by atoms with Gasteiger partial charge in [0.05, 0.1) is 5.56 Å². The van der Waals surface area contributed by atoms with Crippen molar-refractivity contribution in [2.75, 3.05) is 44.6 Å². The van der Waals surface area contributed by atoms with Gasteiger partial charge >= 0.3 is 6.18 Å². The van der Waals surface area contributed by atoms with Crippen molar-refractivity contribution >= 4 is 23.4 Å². The van der Waals surface area contributed by atoms with Crippen LogP contribution in [0, 0.1) is 0 Å². The van der Waals surface area contributed by atoms with Gasteiger partial charge in [-0.1, -0.05) is 17.8 Å². The molecular formula is C26H31F3N4OS. The summed E-state index contributed by atoms with van der Waals surface area (Å²) < 4.78 is 41.4. The first-order chi connectivity index (χ1) is 16.8. The van der Waals surface area contributed by atoms with Gasteiger partial charge in [0.25, 0.3) is 5.91 Å². The molecule has 0 bridgehead atoms. The van der Waals surface area contributed by atoms with E-state index in [1.54, 1.807) is 0 Å². The number of halogens is 3. The Bertz CT molecular complexity index is 1090. The summed E-state index contributed by atoms with van der Waals surface area (Å²) in [6, 6.07) is 8.32. The van der Waals surface area contributed by atoms with E-state index >= 15 is 0 Å². The van der Waals surface area contributed by atoms with E-state index in [-0.39, 0.29) is 11.9 Å². The Morgan fingerprint density at radius 2 is 1.80 bits per heavy atom. The number of alkyl halides is 3. The van der Waals surface area contributed by atoms with Crippen molar-refractivity contribution in [1.82, 2.24) is 9.80 Å². The molecular weight excluding hydrogens is 473 g/mol. The molecule has 1 amide bonds. The number of anilines is 1. The van der Waals surface area contributed by atoms with Gasteiger partial charge in [-0.3, -0.25) is 4.79 Å². The zero-order valence-corrected chi connectivity index (χ0v) is 20.5. The fraction of sp³-hybridized carbons (Fsp3) is 0.500. The molecule has 0 radical (unpaired) electrons. The molecule has 3 heterocycles. The summed E-state index contributed by atoms with van der Waals surface area (Å²) >= 11 is 1.34. The van der Waals surface area contributed by atoms with Crippen molar-refractivity contribution in [3.8, 4) is 0 Å². The zero-order chi connectivity index (χ0) is 24.6. The largest absolute Gasteiger partial charge is 0.416 e. The predicted octanol–water partition coefficient (Wildman–Crippen LogP) is 4.83. The number of benzene rings is 2. The van der Waals surface area contributed by atoms with Crippen LogP contribution in [-0.4, -0.2) is 61.0 Å². The molecule has 5 rings (SSSR count). The van der Waals surface area contributed by atoms with Crippen LogP contribution in [0.25, 0.3) is 0 Å². The highest BCUT2D eigenvalue weighted by Crippen LogP contribution is 2.46. The average molecular weight is 505 g/mol. The quantitative estimate of drug-likeness (QED) is 0.521. The molecule has 2 aromatic rings. The summed E-state index contributed by atoms with van der Waals surface area (Å²) in [5.74, 6) is 0.00377. The van der Waals surface area contributed by atoms with E-state index in [0.29, 0.717) is 29.1 Å². The van der Waals surface area contributed by atoms with Gasteiger partial charge in [0, 0.05) is 72.8 Å². The summed E-state index contributed by atoms with van der Waals surface area (Å²) in [5, 5.41) is 3.45. The van der Waals surface area contributed by atoms with Crippen LogP contribution in [0.1, 0.15) is 52.7 Å². The first kappa shape index (κ1) is 24.5. The molecule has 9 heteroatoms. The second kappa shape index (κ2) is 10.0. The minimum absolute atomic E-state index is 0.00377. The molecule has 0 unspecified atom stereocenters. The van der Waals surface area contributed by atoms with Crippen LogP contribution < -0.4 is 11.1 Å². The Balaban J connectivity index is 1.41. The molecule has 3 N–H and O–H groups in total. The molecule has 0 saturated carbocycles. The van der Waals surface area contributed by atoms with E-state index in [2.05, 4.69) is 10.2 Å². The maximum atomic E-state index is 13.8. The van der Waals surface area contributed by atoms with E-state index < -0.39 is 11.7 Å². The number of hydrogen-bond acceptors (Lipinski definition) is 5. The predicted molar refractivity (Wildman–Crippen MR) is 132 cm³/mol. The van der Waals surface area contributed by atoms with Crippen molar-refractivity contribution in [3.05, 3.63) is 52.6 Å². The van der Waals surface area contributed by atoms with Crippen LogP contribution in [0.5, 0.6) is 0 Å².